The first-order valence-electron chi connectivity index (χ1n) is 10.3. The maximum atomic E-state index is 12.7. The number of benzene rings is 1. The molecule has 1 fully saturated rings. The van der Waals surface area contributed by atoms with E-state index in [2.05, 4.69) is 31.6 Å². The minimum Gasteiger partial charge on any atom is -0.443 e. The van der Waals surface area contributed by atoms with Crippen LogP contribution < -0.4 is 15.4 Å². The summed E-state index contributed by atoms with van der Waals surface area (Å²) in [6.45, 7) is 6.79. The number of halogens is 2. The summed E-state index contributed by atoms with van der Waals surface area (Å²) in [5.41, 5.74) is 0.843. The van der Waals surface area contributed by atoms with Crippen LogP contribution in [0.3, 0.4) is 0 Å². The Labute approximate surface area is 211 Å². The molecule has 180 valence electrons. The number of carbonyl (C=O) groups excluding carboxylic acids is 3. The van der Waals surface area contributed by atoms with E-state index in [4.69, 9.17) is 4.74 Å². The van der Waals surface area contributed by atoms with Gasteiger partial charge in [-0.2, -0.15) is 4.99 Å². The Balaban J connectivity index is 0.00000385. The summed E-state index contributed by atoms with van der Waals surface area (Å²) in [6, 6.07) is 4.65. The summed E-state index contributed by atoms with van der Waals surface area (Å²) >= 11 is 4.69. The fraction of sp³-hybridized carbons (Fsp3) is 0.455. The zero-order valence-electron chi connectivity index (χ0n) is 18.7. The molecule has 0 bridgehead atoms. The van der Waals surface area contributed by atoms with E-state index >= 15 is 0 Å². The number of nitrogens with one attached hydrogen (secondary N) is 2. The Morgan fingerprint density at radius 2 is 2.09 bits per heavy atom. The van der Waals surface area contributed by atoms with E-state index in [1.54, 1.807) is 34.3 Å². The molecule has 2 N–H and O–H groups in total. The third-order valence-electron chi connectivity index (χ3n) is 4.73. The van der Waals surface area contributed by atoms with E-state index in [9.17, 15) is 14.4 Å². The molecule has 1 aliphatic rings. The predicted octanol–water partition coefficient (Wildman–Crippen LogP) is 4.10. The smallest absolute Gasteiger partial charge is 0.324 e. The Bertz CT molecular complexity index is 1070. The van der Waals surface area contributed by atoms with Crippen LogP contribution >= 0.6 is 39.7 Å². The Morgan fingerprint density at radius 3 is 2.73 bits per heavy atom. The molecule has 1 aromatic heterocycles. The number of carbonyl (C=O) groups is 3. The fourth-order valence-corrected chi connectivity index (χ4v) is 4.37. The third kappa shape index (κ3) is 8.06. The van der Waals surface area contributed by atoms with Gasteiger partial charge in [0.2, 0.25) is 5.91 Å². The molecule has 0 radical (unpaired) electrons. The van der Waals surface area contributed by atoms with Crippen LogP contribution in [0.1, 0.15) is 50.4 Å². The van der Waals surface area contributed by atoms with Crippen LogP contribution in [-0.4, -0.2) is 34.9 Å². The highest BCUT2D eigenvalue weighted by Crippen LogP contribution is 2.26. The molecule has 1 saturated heterocycles. The van der Waals surface area contributed by atoms with Crippen molar-refractivity contribution in [3.05, 3.63) is 44.6 Å². The van der Waals surface area contributed by atoms with Crippen molar-refractivity contribution < 1.29 is 19.1 Å². The molecule has 1 aliphatic heterocycles. The maximum absolute atomic E-state index is 12.7. The zero-order chi connectivity index (χ0) is 23.3. The molecule has 8 nitrogen and oxygen atoms in total. The molecular formula is C22H28BrClN4O4S. The van der Waals surface area contributed by atoms with Gasteiger partial charge < -0.3 is 15.4 Å². The molecule has 11 heteroatoms. The third-order valence-corrected chi connectivity index (χ3v) is 6.18. The number of rotatable bonds is 6. The largest absolute Gasteiger partial charge is 0.443 e. The number of thiazole rings is 1. The predicted molar refractivity (Wildman–Crippen MR) is 133 cm³/mol. The molecule has 1 unspecified atom stereocenters. The average Bonchev–Trinajstić information content (AvgIpc) is 3.38. The minimum atomic E-state index is -0.432. The number of hydrogen-bond acceptors (Lipinski definition) is 6. The van der Waals surface area contributed by atoms with Crippen LogP contribution in [0, 0.1) is 5.41 Å². The average molecular weight is 560 g/mol. The van der Waals surface area contributed by atoms with Gasteiger partial charge in [0.1, 0.15) is 6.04 Å². The summed E-state index contributed by atoms with van der Waals surface area (Å²) in [5.74, 6) is -0.825. The highest BCUT2D eigenvalue weighted by Gasteiger charge is 2.23. The van der Waals surface area contributed by atoms with Crippen LogP contribution in [0.15, 0.2) is 39.2 Å². The molecule has 1 atom stereocenters. The molecule has 1 aromatic carbocycles. The second-order valence-electron chi connectivity index (χ2n) is 8.79. The lowest BCUT2D eigenvalue weighted by molar-refractivity contribution is -0.149. The molecule has 2 aromatic rings. The van der Waals surface area contributed by atoms with Gasteiger partial charge >= 0.3 is 5.97 Å². The van der Waals surface area contributed by atoms with Gasteiger partial charge in [0.05, 0.1) is 5.69 Å². The summed E-state index contributed by atoms with van der Waals surface area (Å²) in [4.78, 5) is 41.6. The Morgan fingerprint density at radius 1 is 1.33 bits per heavy atom. The lowest BCUT2D eigenvalue weighted by atomic mass is 9.92. The van der Waals surface area contributed by atoms with E-state index < -0.39 is 5.91 Å². The van der Waals surface area contributed by atoms with Crippen molar-refractivity contribution in [1.29, 1.82) is 0 Å². The van der Waals surface area contributed by atoms with Crippen LogP contribution in [0.5, 0.6) is 0 Å². The maximum Gasteiger partial charge on any atom is 0.324 e. The molecule has 3 rings (SSSR count). The lowest BCUT2D eigenvalue weighted by Gasteiger charge is -2.17. The topological polar surface area (TPSA) is 102 Å². The van der Waals surface area contributed by atoms with Crippen molar-refractivity contribution in [1.82, 2.24) is 9.88 Å². The van der Waals surface area contributed by atoms with Gasteiger partial charge in [0, 0.05) is 28.0 Å². The van der Waals surface area contributed by atoms with E-state index in [-0.39, 0.29) is 42.5 Å². The minimum absolute atomic E-state index is 0. The number of esters is 1. The van der Waals surface area contributed by atoms with Crippen molar-refractivity contribution >= 4 is 63.1 Å². The van der Waals surface area contributed by atoms with Crippen molar-refractivity contribution in [3.8, 4) is 0 Å². The molecule has 0 saturated carbocycles. The molecule has 2 amide bonds. The second-order valence-corrected chi connectivity index (χ2v) is 10.5. The standard InChI is InChI=1S/C22H27BrN4O4S.ClH/c1-22(2,3)12-18(28)25-16-7-6-14(11-15(16)23)19(29)26-21-27(9-10-32-21)13-31-20(30)17-5-4-8-24-17;/h6-7,9-11,17,24H,4-5,8,12-13H2,1-3H3,(H,25,28);1H/b26-21-;. The van der Waals surface area contributed by atoms with Crippen LogP contribution in [0.2, 0.25) is 0 Å². The Hall–Kier alpha value is -2.01. The number of anilines is 1. The highest BCUT2D eigenvalue weighted by molar-refractivity contribution is 9.10. The first kappa shape index (κ1) is 27.2. The normalized spacial score (nSPS) is 16.2. The Kier molecular flexibility index (Phi) is 9.84. The van der Waals surface area contributed by atoms with Crippen LogP contribution in [0.25, 0.3) is 0 Å². The molecule has 2 heterocycles. The number of nitrogens with zero attached hydrogens (tertiary/aromatic N) is 2. The van der Waals surface area contributed by atoms with Crippen molar-refractivity contribution in [2.24, 2.45) is 10.4 Å². The second kappa shape index (κ2) is 11.9. The van der Waals surface area contributed by atoms with E-state index in [1.807, 2.05) is 20.8 Å². The molecular weight excluding hydrogens is 532 g/mol. The number of ether oxygens (including phenoxy) is 1. The summed E-state index contributed by atoms with van der Waals surface area (Å²) in [6.07, 6.45) is 3.82. The van der Waals surface area contributed by atoms with Gasteiger partial charge in [0.15, 0.2) is 11.5 Å². The zero-order valence-corrected chi connectivity index (χ0v) is 21.9. The SMILES string of the molecule is CC(C)(C)CC(=O)Nc1ccc(C(=O)/N=c2\sccn2COC(=O)C2CCCN2)cc1Br.Cl. The molecule has 0 spiro atoms. The van der Waals surface area contributed by atoms with Gasteiger partial charge in [-0.1, -0.05) is 20.8 Å². The van der Waals surface area contributed by atoms with Crippen molar-refractivity contribution in [2.75, 3.05) is 11.9 Å². The van der Waals surface area contributed by atoms with E-state index in [0.29, 0.717) is 26.9 Å². The van der Waals surface area contributed by atoms with E-state index in [0.717, 1.165) is 19.4 Å². The van der Waals surface area contributed by atoms with Gasteiger partial charge in [-0.15, -0.1) is 23.7 Å². The molecule has 33 heavy (non-hydrogen) atoms. The quantitative estimate of drug-likeness (QED) is 0.519. The van der Waals surface area contributed by atoms with Gasteiger partial charge in [0.25, 0.3) is 5.91 Å². The number of amides is 2. The van der Waals surface area contributed by atoms with Gasteiger partial charge in [-0.3, -0.25) is 19.0 Å². The van der Waals surface area contributed by atoms with Crippen LogP contribution in [-0.2, 0) is 21.1 Å². The fourth-order valence-electron chi connectivity index (χ4n) is 3.18. The first-order chi connectivity index (χ1) is 15.1. The van der Waals surface area contributed by atoms with E-state index in [1.165, 1.54) is 11.3 Å². The molecule has 0 aliphatic carbocycles. The summed E-state index contributed by atoms with van der Waals surface area (Å²) in [5, 5.41) is 7.73. The van der Waals surface area contributed by atoms with Crippen molar-refractivity contribution in [3.63, 3.8) is 0 Å². The number of hydrogen-bond donors (Lipinski definition) is 2. The highest BCUT2D eigenvalue weighted by atomic mass is 79.9. The van der Waals surface area contributed by atoms with Crippen LogP contribution in [0.4, 0.5) is 5.69 Å². The van der Waals surface area contributed by atoms with Gasteiger partial charge in [-0.25, -0.2) is 0 Å². The van der Waals surface area contributed by atoms with Crippen molar-refractivity contribution in [2.45, 2.75) is 52.8 Å². The lowest BCUT2D eigenvalue weighted by Crippen LogP contribution is -2.33. The number of aromatic nitrogens is 1. The first-order valence-corrected chi connectivity index (χ1v) is 12.0. The summed E-state index contributed by atoms with van der Waals surface area (Å²) in [7, 11) is 0. The van der Waals surface area contributed by atoms with Gasteiger partial charge in [-0.05, 0) is 58.9 Å². The monoisotopic (exact) mass is 558 g/mol. The summed E-state index contributed by atoms with van der Waals surface area (Å²) < 4.78 is 7.57.